The van der Waals surface area contributed by atoms with Gasteiger partial charge in [0.15, 0.2) is 11.4 Å². The number of fused-ring (bicyclic) bond motifs is 1. The topological polar surface area (TPSA) is 86.9 Å². The summed E-state index contributed by atoms with van der Waals surface area (Å²) in [5.74, 6) is -0.428. The average molecular weight is 344 g/mol. The molecule has 2 N–H and O–H groups in total. The minimum atomic E-state index is -0.468. The second-order valence-corrected chi connectivity index (χ2v) is 6.91. The lowest BCUT2D eigenvalue weighted by atomic mass is 9.95. The van der Waals surface area contributed by atoms with Gasteiger partial charge in [0, 0.05) is 30.5 Å². The highest BCUT2D eigenvalue weighted by Gasteiger charge is 2.20. The Morgan fingerprint density at radius 3 is 2.76 bits per heavy atom. The Balaban J connectivity index is 1.91. The van der Waals surface area contributed by atoms with Gasteiger partial charge in [0.05, 0.1) is 0 Å². The molecule has 2 heterocycles. The van der Waals surface area contributed by atoms with Crippen molar-refractivity contribution in [3.8, 4) is 5.75 Å². The highest BCUT2D eigenvalue weighted by molar-refractivity contribution is 5.94. The standard InChI is InChI=1S/C18H24N4O3/c1-21(2)11-12-8-9-22-16(15(12)23)19-10-14(18(22)25)17(24)20-13-6-4-3-5-7-13/h8-10,13,23H,3-7,11H2,1-2H3,(H,20,24). The zero-order valence-electron chi connectivity index (χ0n) is 14.7. The maximum atomic E-state index is 12.6. The molecule has 0 saturated heterocycles. The van der Waals surface area contributed by atoms with Gasteiger partial charge in [-0.15, -0.1) is 0 Å². The molecule has 0 atom stereocenters. The molecule has 0 bridgehead atoms. The number of carbonyl (C=O) groups excluding carboxylic acids is 1. The lowest BCUT2D eigenvalue weighted by Crippen LogP contribution is -2.39. The quantitative estimate of drug-likeness (QED) is 0.878. The maximum absolute atomic E-state index is 12.6. The molecule has 1 amide bonds. The first kappa shape index (κ1) is 17.4. The molecule has 25 heavy (non-hydrogen) atoms. The second kappa shape index (κ2) is 7.23. The molecule has 7 nitrogen and oxygen atoms in total. The van der Waals surface area contributed by atoms with Crippen molar-refractivity contribution in [1.82, 2.24) is 19.6 Å². The van der Waals surface area contributed by atoms with Crippen molar-refractivity contribution in [3.05, 3.63) is 39.9 Å². The van der Waals surface area contributed by atoms with E-state index >= 15 is 0 Å². The zero-order chi connectivity index (χ0) is 18.0. The summed E-state index contributed by atoms with van der Waals surface area (Å²) in [4.78, 5) is 31.1. The number of aromatic nitrogens is 2. The number of nitrogens with one attached hydrogen (secondary N) is 1. The Morgan fingerprint density at radius 1 is 1.36 bits per heavy atom. The van der Waals surface area contributed by atoms with Crippen LogP contribution in [0.15, 0.2) is 23.3 Å². The van der Waals surface area contributed by atoms with Crippen LogP contribution in [0, 0.1) is 0 Å². The van der Waals surface area contributed by atoms with E-state index in [2.05, 4.69) is 10.3 Å². The van der Waals surface area contributed by atoms with Crippen molar-refractivity contribution < 1.29 is 9.90 Å². The first-order valence-corrected chi connectivity index (χ1v) is 8.65. The molecule has 134 valence electrons. The molecule has 0 unspecified atom stereocenters. The Bertz CT molecular complexity index is 838. The number of carbonyl (C=O) groups is 1. The third-order valence-corrected chi connectivity index (χ3v) is 4.61. The number of rotatable bonds is 4. The summed E-state index contributed by atoms with van der Waals surface area (Å²) >= 11 is 0. The van der Waals surface area contributed by atoms with Gasteiger partial charge < -0.3 is 15.3 Å². The van der Waals surface area contributed by atoms with Crippen LogP contribution in [0.3, 0.4) is 0 Å². The molecule has 1 saturated carbocycles. The average Bonchev–Trinajstić information content (AvgIpc) is 2.58. The van der Waals surface area contributed by atoms with Gasteiger partial charge in [0.2, 0.25) is 0 Å². The molecule has 1 fully saturated rings. The van der Waals surface area contributed by atoms with Gasteiger partial charge in [-0.1, -0.05) is 19.3 Å². The van der Waals surface area contributed by atoms with E-state index in [1.165, 1.54) is 17.0 Å². The molecule has 0 aromatic carbocycles. The molecule has 0 radical (unpaired) electrons. The molecule has 1 aliphatic carbocycles. The van der Waals surface area contributed by atoms with E-state index in [0.717, 1.165) is 25.7 Å². The summed E-state index contributed by atoms with van der Waals surface area (Å²) in [7, 11) is 3.78. The Labute approximate surface area is 146 Å². The summed E-state index contributed by atoms with van der Waals surface area (Å²) < 4.78 is 1.23. The van der Waals surface area contributed by atoms with E-state index in [9.17, 15) is 14.7 Å². The van der Waals surface area contributed by atoms with Crippen LogP contribution in [0.4, 0.5) is 0 Å². The van der Waals surface area contributed by atoms with Gasteiger partial charge in [-0.2, -0.15) is 0 Å². The number of hydrogen-bond donors (Lipinski definition) is 2. The summed E-state index contributed by atoms with van der Waals surface area (Å²) in [5.41, 5.74) is 0.378. The monoisotopic (exact) mass is 344 g/mol. The highest BCUT2D eigenvalue weighted by Crippen LogP contribution is 2.22. The fourth-order valence-electron chi connectivity index (χ4n) is 3.30. The third-order valence-electron chi connectivity index (χ3n) is 4.61. The number of aromatic hydroxyl groups is 1. The highest BCUT2D eigenvalue weighted by atomic mass is 16.3. The van der Waals surface area contributed by atoms with Crippen LogP contribution in [-0.4, -0.2) is 45.4 Å². The van der Waals surface area contributed by atoms with E-state index in [-0.39, 0.29) is 23.0 Å². The van der Waals surface area contributed by atoms with Gasteiger partial charge in [-0.05, 0) is 33.0 Å². The van der Waals surface area contributed by atoms with Crippen LogP contribution < -0.4 is 10.9 Å². The number of hydrogen-bond acceptors (Lipinski definition) is 5. The number of pyridine rings is 1. The number of amides is 1. The van der Waals surface area contributed by atoms with Crippen molar-refractivity contribution in [2.75, 3.05) is 14.1 Å². The Kier molecular flexibility index (Phi) is 5.03. The van der Waals surface area contributed by atoms with Gasteiger partial charge in [-0.25, -0.2) is 4.98 Å². The van der Waals surface area contributed by atoms with Gasteiger partial charge >= 0.3 is 0 Å². The molecule has 3 rings (SSSR count). The minimum absolute atomic E-state index is 0.00262. The Morgan fingerprint density at radius 2 is 2.08 bits per heavy atom. The molecule has 0 spiro atoms. The molecule has 7 heteroatoms. The SMILES string of the molecule is CN(C)Cc1ccn2c(=O)c(C(=O)NC3CCCCC3)cnc2c1O. The third kappa shape index (κ3) is 3.66. The predicted octanol–water partition coefficient (Wildman–Crippen LogP) is 1.52. The zero-order valence-corrected chi connectivity index (χ0v) is 14.7. The van der Waals surface area contributed by atoms with E-state index in [4.69, 9.17) is 0 Å². The van der Waals surface area contributed by atoms with E-state index < -0.39 is 11.5 Å². The molecular formula is C18H24N4O3. The predicted molar refractivity (Wildman–Crippen MR) is 94.9 cm³/mol. The smallest absolute Gasteiger partial charge is 0.270 e. The second-order valence-electron chi connectivity index (χ2n) is 6.91. The molecule has 2 aromatic rings. The fourth-order valence-corrected chi connectivity index (χ4v) is 3.30. The lowest BCUT2D eigenvalue weighted by Gasteiger charge is -2.22. The van der Waals surface area contributed by atoms with Crippen LogP contribution in [0.1, 0.15) is 48.0 Å². The van der Waals surface area contributed by atoms with Crippen LogP contribution in [0.2, 0.25) is 0 Å². The summed E-state index contributed by atoms with van der Waals surface area (Å²) in [5, 5.41) is 13.3. The first-order chi connectivity index (χ1) is 12.0. The van der Waals surface area contributed by atoms with Crippen molar-refractivity contribution in [2.45, 2.75) is 44.7 Å². The van der Waals surface area contributed by atoms with E-state index in [0.29, 0.717) is 12.1 Å². The largest absolute Gasteiger partial charge is 0.504 e. The summed E-state index contributed by atoms with van der Waals surface area (Å²) in [6, 6.07) is 1.80. The van der Waals surface area contributed by atoms with Crippen LogP contribution in [-0.2, 0) is 6.54 Å². The minimum Gasteiger partial charge on any atom is -0.504 e. The molecule has 1 aliphatic rings. The van der Waals surface area contributed by atoms with Crippen LogP contribution in [0.25, 0.3) is 5.65 Å². The maximum Gasteiger partial charge on any atom is 0.270 e. The molecular weight excluding hydrogens is 320 g/mol. The van der Waals surface area contributed by atoms with Gasteiger partial charge in [0.25, 0.3) is 11.5 Å². The molecule has 2 aromatic heterocycles. The number of nitrogens with zero attached hydrogens (tertiary/aromatic N) is 3. The first-order valence-electron chi connectivity index (χ1n) is 8.65. The summed E-state index contributed by atoms with van der Waals surface area (Å²) in [6.07, 6.45) is 8.10. The van der Waals surface area contributed by atoms with Crippen molar-refractivity contribution >= 4 is 11.6 Å². The van der Waals surface area contributed by atoms with Crippen LogP contribution >= 0.6 is 0 Å². The van der Waals surface area contributed by atoms with Crippen molar-refractivity contribution in [2.24, 2.45) is 0 Å². The van der Waals surface area contributed by atoms with E-state index in [1.807, 2.05) is 19.0 Å². The molecule has 0 aliphatic heterocycles. The summed E-state index contributed by atoms with van der Waals surface area (Å²) in [6.45, 7) is 0.530. The van der Waals surface area contributed by atoms with Gasteiger partial charge in [0.1, 0.15) is 5.56 Å². The lowest BCUT2D eigenvalue weighted by molar-refractivity contribution is 0.0925. The van der Waals surface area contributed by atoms with Crippen molar-refractivity contribution in [3.63, 3.8) is 0 Å². The Hall–Kier alpha value is -2.41. The fraction of sp³-hybridized carbons (Fsp3) is 0.500. The van der Waals surface area contributed by atoms with Crippen LogP contribution in [0.5, 0.6) is 5.75 Å². The van der Waals surface area contributed by atoms with Crippen molar-refractivity contribution in [1.29, 1.82) is 0 Å². The van der Waals surface area contributed by atoms with Gasteiger partial charge in [-0.3, -0.25) is 14.0 Å². The normalized spacial score (nSPS) is 15.6. The van der Waals surface area contributed by atoms with E-state index in [1.54, 1.807) is 12.3 Å².